The van der Waals surface area contributed by atoms with Gasteiger partial charge in [-0.3, -0.25) is 0 Å². The van der Waals surface area contributed by atoms with Crippen LogP contribution in [0.1, 0.15) is 39.9 Å². The van der Waals surface area contributed by atoms with E-state index in [1.54, 1.807) is 60.7 Å². The first kappa shape index (κ1) is 40.2. The SMILES string of the molecule is C=CC(=O)OCCCCOc1ccc(C(=O)Oc2ccc(/C=C/C(=O)O[C@@H]3COC4C3OC[C@H]4OC(=O)/C=C/c3ccc(OCc4ccccc4)cc3)cc2)cc1. The summed E-state index contributed by atoms with van der Waals surface area (Å²) in [6.07, 6.45) is 5.87. The van der Waals surface area contributed by atoms with Crippen LogP contribution < -0.4 is 14.2 Å². The topological polar surface area (TPSA) is 142 Å². The lowest BCUT2D eigenvalue weighted by Gasteiger charge is -2.16. The lowest BCUT2D eigenvalue weighted by Crippen LogP contribution is -2.35. The molecule has 0 amide bonds. The molecule has 12 heteroatoms. The number of carbonyl (C=O) groups excluding carboxylic acids is 4. The molecule has 57 heavy (non-hydrogen) atoms. The Balaban J connectivity index is 0.882. The highest BCUT2D eigenvalue weighted by molar-refractivity contribution is 5.91. The third-order valence-corrected chi connectivity index (χ3v) is 8.85. The molecule has 0 saturated carbocycles. The molecular weight excluding hydrogens is 732 g/mol. The second-order valence-corrected chi connectivity index (χ2v) is 13.0. The summed E-state index contributed by atoms with van der Waals surface area (Å²) in [6.45, 7) is 4.75. The Morgan fingerprint density at radius 1 is 0.614 bits per heavy atom. The van der Waals surface area contributed by atoms with Crippen LogP contribution in [0.4, 0.5) is 0 Å². The fraction of sp³-hybridized carbons (Fsp3) is 0.244. The Morgan fingerprint density at radius 2 is 1.14 bits per heavy atom. The fourth-order valence-electron chi connectivity index (χ4n) is 5.88. The van der Waals surface area contributed by atoms with Gasteiger partial charge in [-0.1, -0.05) is 61.2 Å². The zero-order valence-electron chi connectivity index (χ0n) is 31.1. The first-order chi connectivity index (χ1) is 27.8. The molecule has 0 spiro atoms. The number of esters is 4. The largest absolute Gasteiger partial charge is 0.494 e. The molecule has 2 heterocycles. The van der Waals surface area contributed by atoms with Crippen molar-refractivity contribution in [2.45, 2.75) is 43.9 Å². The number of unbranched alkanes of at least 4 members (excludes halogenated alkanes) is 1. The Labute approximate surface area is 330 Å². The lowest BCUT2D eigenvalue weighted by molar-refractivity contribution is -0.149. The van der Waals surface area contributed by atoms with Crippen LogP contribution >= 0.6 is 0 Å². The smallest absolute Gasteiger partial charge is 0.343 e. The molecule has 6 rings (SSSR count). The van der Waals surface area contributed by atoms with Gasteiger partial charge in [-0.25, -0.2) is 19.2 Å². The van der Waals surface area contributed by atoms with Gasteiger partial charge < -0.3 is 37.9 Å². The minimum Gasteiger partial charge on any atom is -0.494 e. The van der Waals surface area contributed by atoms with Gasteiger partial charge in [-0.15, -0.1) is 0 Å². The van der Waals surface area contributed by atoms with Crippen molar-refractivity contribution in [3.05, 3.63) is 150 Å². The minimum atomic E-state index is -0.669. The summed E-state index contributed by atoms with van der Waals surface area (Å²) < 4.78 is 44.7. The average molecular weight is 775 g/mol. The van der Waals surface area contributed by atoms with Crippen molar-refractivity contribution < 1.29 is 57.1 Å². The van der Waals surface area contributed by atoms with Crippen molar-refractivity contribution in [1.29, 1.82) is 0 Å². The highest BCUT2D eigenvalue weighted by Gasteiger charge is 2.51. The quantitative estimate of drug-likeness (QED) is 0.0348. The van der Waals surface area contributed by atoms with Crippen LogP contribution in [0.3, 0.4) is 0 Å². The van der Waals surface area contributed by atoms with E-state index in [9.17, 15) is 19.2 Å². The molecule has 0 aliphatic carbocycles. The molecule has 0 bridgehead atoms. The molecule has 0 aromatic heterocycles. The molecular formula is C45H42O12. The van der Waals surface area contributed by atoms with Crippen molar-refractivity contribution in [3.63, 3.8) is 0 Å². The van der Waals surface area contributed by atoms with E-state index in [1.165, 1.54) is 12.2 Å². The standard InChI is InChI=1S/C45H42O12/c1-2-40(46)51-27-7-6-26-50-35-22-16-34(17-23-35)45(49)55-37-20-12-32(13-21-37)15-25-42(48)57-39-30-54-43-38(29-53-44(39)43)56-41(47)24-14-31-10-18-36(19-11-31)52-28-33-8-4-3-5-9-33/h2-5,8-25,38-39,43-44H,1,6-7,26-30H2/b24-14+,25-15+/t38-,39-,43?,44?/m1/s1. The molecule has 2 saturated heterocycles. The van der Waals surface area contributed by atoms with Crippen molar-refractivity contribution in [1.82, 2.24) is 0 Å². The second kappa shape index (κ2) is 20.4. The first-order valence-electron chi connectivity index (χ1n) is 18.4. The summed E-state index contributed by atoms with van der Waals surface area (Å²) in [5.74, 6) is -0.486. The van der Waals surface area contributed by atoms with Gasteiger partial charge in [-0.05, 0) is 90.2 Å². The van der Waals surface area contributed by atoms with Gasteiger partial charge in [0.2, 0.25) is 0 Å². The van der Waals surface area contributed by atoms with Gasteiger partial charge in [0.15, 0.2) is 12.2 Å². The number of hydrogen-bond acceptors (Lipinski definition) is 12. The third kappa shape index (κ3) is 12.2. The molecule has 4 aromatic rings. The van der Waals surface area contributed by atoms with E-state index in [1.807, 2.05) is 54.6 Å². The lowest BCUT2D eigenvalue weighted by atomic mass is 10.1. The Kier molecular flexibility index (Phi) is 14.4. The molecule has 0 N–H and O–H groups in total. The van der Waals surface area contributed by atoms with Crippen LogP contribution in [0, 0.1) is 0 Å². The molecule has 2 fully saturated rings. The summed E-state index contributed by atoms with van der Waals surface area (Å²) in [5, 5.41) is 0. The van der Waals surface area contributed by atoms with Crippen molar-refractivity contribution in [3.8, 4) is 17.2 Å². The van der Waals surface area contributed by atoms with Crippen LogP contribution in [0.25, 0.3) is 12.2 Å². The summed E-state index contributed by atoms with van der Waals surface area (Å²) in [5.41, 5.74) is 2.90. The third-order valence-electron chi connectivity index (χ3n) is 8.85. The van der Waals surface area contributed by atoms with E-state index < -0.39 is 48.3 Å². The normalized spacial score (nSPS) is 18.5. The Bertz CT molecular complexity index is 2020. The van der Waals surface area contributed by atoms with Crippen molar-refractivity contribution in [2.24, 2.45) is 0 Å². The molecule has 2 unspecified atom stereocenters. The van der Waals surface area contributed by atoms with Crippen molar-refractivity contribution >= 4 is 36.0 Å². The van der Waals surface area contributed by atoms with E-state index in [2.05, 4.69) is 6.58 Å². The Hall–Kier alpha value is -6.50. The molecule has 12 nitrogen and oxygen atoms in total. The van der Waals surface area contributed by atoms with E-state index in [-0.39, 0.29) is 13.2 Å². The van der Waals surface area contributed by atoms with E-state index in [0.717, 1.165) is 23.0 Å². The van der Waals surface area contributed by atoms with Gasteiger partial charge in [0.1, 0.15) is 36.1 Å². The monoisotopic (exact) mass is 774 g/mol. The average Bonchev–Trinajstić information content (AvgIpc) is 3.83. The van der Waals surface area contributed by atoms with Gasteiger partial charge in [-0.2, -0.15) is 0 Å². The number of fused-ring (bicyclic) bond motifs is 1. The minimum absolute atomic E-state index is 0.101. The molecule has 2 aliphatic heterocycles. The highest BCUT2D eigenvalue weighted by Crippen LogP contribution is 2.31. The number of rotatable bonds is 18. The summed E-state index contributed by atoms with van der Waals surface area (Å²) in [7, 11) is 0. The van der Waals surface area contributed by atoms with Gasteiger partial charge in [0.25, 0.3) is 0 Å². The maximum atomic E-state index is 12.7. The van der Waals surface area contributed by atoms with Gasteiger partial charge in [0.05, 0.1) is 32.0 Å². The summed E-state index contributed by atoms with van der Waals surface area (Å²) >= 11 is 0. The van der Waals surface area contributed by atoms with Crippen LogP contribution in [0.15, 0.2) is 128 Å². The fourth-order valence-corrected chi connectivity index (χ4v) is 5.88. The Morgan fingerprint density at radius 3 is 1.72 bits per heavy atom. The number of hydrogen-bond donors (Lipinski definition) is 0. The maximum absolute atomic E-state index is 12.7. The van der Waals surface area contributed by atoms with Crippen molar-refractivity contribution in [2.75, 3.05) is 26.4 Å². The van der Waals surface area contributed by atoms with E-state index >= 15 is 0 Å². The second-order valence-electron chi connectivity index (χ2n) is 13.0. The summed E-state index contributed by atoms with van der Waals surface area (Å²) in [6, 6.07) is 30.4. The molecule has 0 radical (unpaired) electrons. The van der Waals surface area contributed by atoms with E-state index in [0.29, 0.717) is 55.3 Å². The molecule has 4 aromatic carbocycles. The van der Waals surface area contributed by atoms with Gasteiger partial charge in [0, 0.05) is 18.2 Å². The van der Waals surface area contributed by atoms with Crippen LogP contribution in [0.5, 0.6) is 17.2 Å². The van der Waals surface area contributed by atoms with Crippen LogP contribution in [-0.4, -0.2) is 74.7 Å². The van der Waals surface area contributed by atoms with Crippen LogP contribution in [0.2, 0.25) is 0 Å². The predicted molar refractivity (Wildman–Crippen MR) is 208 cm³/mol. The van der Waals surface area contributed by atoms with E-state index in [4.69, 9.17) is 37.9 Å². The number of benzene rings is 4. The zero-order valence-corrected chi connectivity index (χ0v) is 31.1. The zero-order chi connectivity index (χ0) is 39.8. The predicted octanol–water partition coefficient (Wildman–Crippen LogP) is 6.72. The first-order valence-corrected chi connectivity index (χ1v) is 18.4. The number of ether oxygens (including phenoxy) is 8. The summed E-state index contributed by atoms with van der Waals surface area (Å²) in [4.78, 5) is 49.0. The van der Waals surface area contributed by atoms with Gasteiger partial charge >= 0.3 is 23.9 Å². The molecule has 2 aliphatic rings. The highest BCUT2D eigenvalue weighted by atomic mass is 16.7. The number of carbonyl (C=O) groups is 4. The maximum Gasteiger partial charge on any atom is 0.343 e. The molecule has 4 atom stereocenters. The molecule has 294 valence electrons. The van der Waals surface area contributed by atoms with Crippen LogP contribution in [-0.2, 0) is 44.7 Å².